The number of benzene rings is 1. The number of ether oxygens (including phenoxy) is 3. The Morgan fingerprint density at radius 2 is 1.51 bits per heavy atom. The highest BCUT2D eigenvalue weighted by Gasteiger charge is 2.72. The first-order chi connectivity index (χ1) is 17.1. The summed E-state index contributed by atoms with van der Waals surface area (Å²) in [5, 5.41) is 0.578. The van der Waals surface area contributed by atoms with E-state index in [2.05, 4.69) is 73.7 Å². The second kappa shape index (κ2) is 11.7. The van der Waals surface area contributed by atoms with Crippen molar-refractivity contribution in [1.82, 2.24) is 0 Å². The van der Waals surface area contributed by atoms with Crippen LogP contribution in [0.15, 0.2) is 30.3 Å². The summed E-state index contributed by atoms with van der Waals surface area (Å²) in [5.74, 6) is -0.964. The maximum Gasteiger partial charge on any atom is 0.344 e. The van der Waals surface area contributed by atoms with Gasteiger partial charge in [-0.25, -0.2) is 4.79 Å². The second-order valence-electron chi connectivity index (χ2n) is 12.2. The van der Waals surface area contributed by atoms with E-state index in [0.29, 0.717) is 16.6 Å². The van der Waals surface area contributed by atoms with Gasteiger partial charge in [0.15, 0.2) is 8.32 Å². The maximum atomic E-state index is 13.9. The molecule has 1 heterocycles. The molecule has 0 aliphatic carbocycles. The standard InChI is InChI=1S/C29H50O6Si2/c1-13-32-27(31)29(19-33-37(20(2)3,21(4)5)22(6)7)26(34-24(9)30)28(10,23(8)35-29)36(11,12)25-17-15-14-16-18-25/h14-18,20-23,26H,13,19H2,1-12H3/t23-,26+,28-,29+/m0/s1. The molecule has 6 nitrogen and oxygen atoms in total. The number of carbonyl (C=O) groups is 2. The summed E-state index contributed by atoms with van der Waals surface area (Å²) >= 11 is 0. The molecule has 0 saturated carbocycles. The zero-order chi connectivity index (χ0) is 28.4. The predicted molar refractivity (Wildman–Crippen MR) is 154 cm³/mol. The van der Waals surface area contributed by atoms with Crippen LogP contribution in [0.2, 0.25) is 34.8 Å². The molecule has 0 aromatic heterocycles. The van der Waals surface area contributed by atoms with Crippen molar-refractivity contribution in [3.63, 3.8) is 0 Å². The van der Waals surface area contributed by atoms with Gasteiger partial charge in [0.2, 0.25) is 5.60 Å². The lowest BCUT2D eigenvalue weighted by molar-refractivity contribution is -0.190. The van der Waals surface area contributed by atoms with Crippen LogP contribution in [0.25, 0.3) is 0 Å². The molecule has 1 aliphatic heterocycles. The molecule has 0 unspecified atom stereocenters. The molecule has 0 spiro atoms. The van der Waals surface area contributed by atoms with Gasteiger partial charge in [-0.15, -0.1) is 0 Å². The van der Waals surface area contributed by atoms with Crippen LogP contribution >= 0.6 is 0 Å². The first-order valence-corrected chi connectivity index (χ1v) is 18.9. The fraction of sp³-hybridized carbons (Fsp3) is 0.724. The summed E-state index contributed by atoms with van der Waals surface area (Å²) in [5.41, 5.74) is -0.593. The van der Waals surface area contributed by atoms with Crippen LogP contribution in [0.3, 0.4) is 0 Å². The van der Waals surface area contributed by atoms with Crippen molar-refractivity contribution in [2.75, 3.05) is 13.2 Å². The molecule has 1 fully saturated rings. The van der Waals surface area contributed by atoms with E-state index in [1.165, 1.54) is 12.1 Å². The highest BCUT2D eigenvalue weighted by atomic mass is 28.4. The number of carbonyl (C=O) groups excluding carboxylic acids is 2. The van der Waals surface area contributed by atoms with Gasteiger partial charge in [-0.05, 0) is 30.5 Å². The fourth-order valence-electron chi connectivity index (χ4n) is 6.89. The van der Waals surface area contributed by atoms with Crippen LogP contribution in [-0.4, -0.2) is 59.4 Å². The van der Waals surface area contributed by atoms with Gasteiger partial charge in [-0.1, -0.05) is 97.1 Å². The molecule has 0 N–H and O–H groups in total. The first kappa shape index (κ1) is 31.7. The van der Waals surface area contributed by atoms with Crippen LogP contribution < -0.4 is 5.19 Å². The van der Waals surface area contributed by atoms with Crippen molar-refractivity contribution in [3.8, 4) is 0 Å². The van der Waals surface area contributed by atoms with Gasteiger partial charge in [-0.3, -0.25) is 4.79 Å². The molecular weight excluding hydrogens is 500 g/mol. The van der Waals surface area contributed by atoms with E-state index in [-0.39, 0.29) is 19.3 Å². The van der Waals surface area contributed by atoms with Gasteiger partial charge < -0.3 is 18.6 Å². The van der Waals surface area contributed by atoms with Crippen LogP contribution in [0.5, 0.6) is 0 Å². The average Bonchev–Trinajstić information content (AvgIpc) is 3.02. The minimum atomic E-state index is -2.42. The number of hydrogen-bond donors (Lipinski definition) is 0. The number of rotatable bonds is 11. The zero-order valence-electron chi connectivity index (χ0n) is 25.1. The van der Waals surface area contributed by atoms with Crippen LogP contribution in [0.1, 0.15) is 69.2 Å². The molecule has 8 heteroatoms. The Labute approximate surface area is 226 Å². The summed E-state index contributed by atoms with van der Waals surface area (Å²) < 4.78 is 25.5. The lowest BCUT2D eigenvalue weighted by Crippen LogP contribution is -2.64. The summed E-state index contributed by atoms with van der Waals surface area (Å²) in [4.78, 5) is 26.5. The van der Waals surface area contributed by atoms with E-state index in [1.807, 2.05) is 25.1 Å². The van der Waals surface area contributed by atoms with Crippen molar-refractivity contribution in [1.29, 1.82) is 0 Å². The summed E-state index contributed by atoms with van der Waals surface area (Å²) in [6.45, 7) is 25.3. The summed E-state index contributed by atoms with van der Waals surface area (Å²) in [7, 11) is -4.79. The minimum absolute atomic E-state index is 0.00371. The Morgan fingerprint density at radius 1 is 1.00 bits per heavy atom. The Morgan fingerprint density at radius 3 is 1.95 bits per heavy atom. The molecule has 1 aromatic carbocycles. The third kappa shape index (κ3) is 5.36. The Kier molecular flexibility index (Phi) is 10.0. The second-order valence-corrected chi connectivity index (χ2v) is 22.6. The molecule has 1 aliphatic rings. The largest absolute Gasteiger partial charge is 0.464 e. The molecule has 2 rings (SSSR count). The molecular formula is C29H50O6Si2. The molecule has 0 bridgehead atoms. The first-order valence-electron chi connectivity index (χ1n) is 13.8. The SMILES string of the molecule is CCOC(=O)[C@]1(CO[Si](C(C)C)(C(C)C)C(C)C)O[C@@H](C)[C@](C)([Si](C)(C)c2ccccc2)[C@H]1OC(C)=O. The normalized spacial score (nSPS) is 26.7. The highest BCUT2D eigenvalue weighted by Crippen LogP contribution is 2.58. The minimum Gasteiger partial charge on any atom is -0.464 e. The van der Waals surface area contributed by atoms with Gasteiger partial charge in [0.1, 0.15) is 6.10 Å². The van der Waals surface area contributed by atoms with Crippen molar-refractivity contribution < 1.29 is 28.2 Å². The Hall–Kier alpha value is -1.49. The number of hydrogen-bond acceptors (Lipinski definition) is 6. The van der Waals surface area contributed by atoms with Crippen molar-refractivity contribution in [2.24, 2.45) is 0 Å². The van der Waals surface area contributed by atoms with Gasteiger partial charge in [0.05, 0.1) is 27.4 Å². The highest BCUT2D eigenvalue weighted by molar-refractivity contribution is 6.92. The third-order valence-corrected chi connectivity index (χ3v) is 20.4. The molecule has 0 radical (unpaired) electrons. The Balaban J connectivity index is 2.76. The van der Waals surface area contributed by atoms with Gasteiger partial charge in [-0.2, -0.15) is 0 Å². The van der Waals surface area contributed by atoms with E-state index in [9.17, 15) is 9.59 Å². The average molecular weight is 551 g/mol. The molecule has 1 saturated heterocycles. The van der Waals surface area contributed by atoms with E-state index >= 15 is 0 Å². The van der Waals surface area contributed by atoms with E-state index < -0.39 is 45.1 Å². The molecule has 210 valence electrons. The van der Waals surface area contributed by atoms with Crippen LogP contribution in [0.4, 0.5) is 0 Å². The number of esters is 2. The molecule has 37 heavy (non-hydrogen) atoms. The quantitative estimate of drug-likeness (QED) is 0.241. The summed E-state index contributed by atoms with van der Waals surface area (Å²) in [6.07, 6.45) is -1.23. The smallest absolute Gasteiger partial charge is 0.344 e. The van der Waals surface area contributed by atoms with Crippen LogP contribution in [-0.2, 0) is 28.2 Å². The third-order valence-electron chi connectivity index (χ3n) is 9.19. The topological polar surface area (TPSA) is 71.1 Å². The summed E-state index contributed by atoms with van der Waals surface area (Å²) in [6, 6.07) is 10.3. The van der Waals surface area contributed by atoms with Crippen LogP contribution in [0, 0.1) is 0 Å². The fourth-order valence-corrected chi connectivity index (χ4v) is 16.0. The van der Waals surface area contributed by atoms with E-state index in [1.54, 1.807) is 6.92 Å². The van der Waals surface area contributed by atoms with Gasteiger partial charge >= 0.3 is 11.9 Å². The van der Waals surface area contributed by atoms with Crippen molar-refractivity contribution >= 4 is 33.5 Å². The van der Waals surface area contributed by atoms with Gasteiger partial charge in [0.25, 0.3) is 0 Å². The van der Waals surface area contributed by atoms with Gasteiger partial charge in [0, 0.05) is 12.0 Å². The molecule has 0 amide bonds. The molecule has 4 atom stereocenters. The monoisotopic (exact) mass is 550 g/mol. The Bertz CT molecular complexity index is 910. The predicted octanol–water partition coefficient (Wildman–Crippen LogP) is 6.21. The lowest BCUT2D eigenvalue weighted by Gasteiger charge is -2.47. The molecule has 1 aromatic rings. The van der Waals surface area contributed by atoms with E-state index in [4.69, 9.17) is 18.6 Å². The maximum absolute atomic E-state index is 13.9. The van der Waals surface area contributed by atoms with Crippen molar-refractivity contribution in [3.05, 3.63) is 30.3 Å². The zero-order valence-corrected chi connectivity index (χ0v) is 27.1. The van der Waals surface area contributed by atoms with E-state index in [0.717, 1.165) is 0 Å². The lowest BCUT2D eigenvalue weighted by atomic mass is 9.88. The van der Waals surface area contributed by atoms with Crippen molar-refractivity contribution in [2.45, 2.75) is 122 Å².